The van der Waals surface area contributed by atoms with Gasteiger partial charge < -0.3 is 20.1 Å². The summed E-state index contributed by atoms with van der Waals surface area (Å²) >= 11 is 6.08. The number of hydrogen-bond donors (Lipinski definition) is 2. The van der Waals surface area contributed by atoms with Crippen molar-refractivity contribution in [2.75, 3.05) is 0 Å². The van der Waals surface area contributed by atoms with E-state index in [1.165, 1.54) is 13.8 Å². The minimum atomic E-state index is -1.59. The second-order valence-corrected chi connectivity index (χ2v) is 12.3. The van der Waals surface area contributed by atoms with Crippen LogP contribution < -0.4 is 10.6 Å². The SMILES string of the molecule is CC(NC(=O)C(C)(C)OC(=O)[C@@H](NC(=O)OC(C)(C)C)c1ccccc1)C(Cc1ccc(Cl)cc1)c1cccc(C#N)c1. The molecular weight excluding hydrogens is 566 g/mol. The molecule has 2 unspecified atom stereocenters. The number of halogens is 1. The molecule has 0 aliphatic rings. The first-order valence-electron chi connectivity index (χ1n) is 14.0. The van der Waals surface area contributed by atoms with Crippen molar-refractivity contribution < 1.29 is 23.9 Å². The van der Waals surface area contributed by atoms with Crippen molar-refractivity contribution in [3.05, 3.63) is 106 Å². The topological polar surface area (TPSA) is 118 Å². The first-order valence-corrected chi connectivity index (χ1v) is 14.4. The number of nitrogens with one attached hydrogen (secondary N) is 2. The number of amides is 2. The molecule has 3 aromatic carbocycles. The van der Waals surface area contributed by atoms with Crippen molar-refractivity contribution >= 4 is 29.6 Å². The second-order valence-electron chi connectivity index (χ2n) is 11.9. The van der Waals surface area contributed by atoms with Gasteiger partial charge in [-0.25, -0.2) is 9.59 Å². The quantitative estimate of drug-likeness (QED) is 0.251. The van der Waals surface area contributed by atoms with Crippen LogP contribution in [0, 0.1) is 11.3 Å². The number of ether oxygens (including phenoxy) is 2. The van der Waals surface area contributed by atoms with E-state index >= 15 is 0 Å². The highest BCUT2D eigenvalue weighted by molar-refractivity contribution is 6.30. The molecule has 3 aromatic rings. The molecule has 0 aliphatic carbocycles. The number of rotatable bonds is 10. The summed E-state index contributed by atoms with van der Waals surface area (Å²) in [5.74, 6) is -1.55. The van der Waals surface area contributed by atoms with Crippen LogP contribution in [0.4, 0.5) is 4.79 Å². The van der Waals surface area contributed by atoms with E-state index in [4.69, 9.17) is 21.1 Å². The first-order chi connectivity index (χ1) is 20.2. The average molecular weight is 604 g/mol. The van der Waals surface area contributed by atoms with Gasteiger partial charge in [-0.15, -0.1) is 0 Å². The standard InChI is InChI=1S/C34H38ClN3O5/c1-22(28(20-23-15-17-27(35)18-16-23)26-14-10-11-24(19-26)21-36)37-31(40)34(5,6)42-30(39)29(25-12-8-7-9-13-25)38-32(41)43-33(2,3)4/h7-19,22,28-29H,20H2,1-6H3,(H,37,40)(H,38,41)/t22?,28?,29-/m0/s1. The molecule has 0 radical (unpaired) electrons. The maximum Gasteiger partial charge on any atom is 0.408 e. The number of carbonyl (C=O) groups is 3. The smallest absolute Gasteiger partial charge is 0.408 e. The Morgan fingerprint density at radius 2 is 1.49 bits per heavy atom. The van der Waals surface area contributed by atoms with Gasteiger partial charge in [0.1, 0.15) is 5.60 Å². The molecule has 2 N–H and O–H groups in total. The fraction of sp³-hybridized carbons (Fsp3) is 0.353. The number of benzene rings is 3. The summed E-state index contributed by atoms with van der Waals surface area (Å²) in [6, 6.07) is 23.9. The fourth-order valence-electron chi connectivity index (χ4n) is 4.48. The monoisotopic (exact) mass is 603 g/mol. The number of nitrogens with zero attached hydrogens (tertiary/aromatic N) is 1. The van der Waals surface area contributed by atoms with Gasteiger partial charge in [0.2, 0.25) is 0 Å². The van der Waals surface area contributed by atoms with Crippen LogP contribution in [0.15, 0.2) is 78.9 Å². The van der Waals surface area contributed by atoms with Crippen LogP contribution in [0.3, 0.4) is 0 Å². The summed E-state index contributed by atoms with van der Waals surface area (Å²) in [6.07, 6.45) is -0.234. The van der Waals surface area contributed by atoms with Crippen molar-refractivity contribution in [2.45, 2.75) is 77.2 Å². The molecule has 8 nitrogen and oxygen atoms in total. The lowest BCUT2D eigenvalue weighted by atomic mass is 9.85. The van der Waals surface area contributed by atoms with Crippen LogP contribution in [-0.2, 0) is 25.5 Å². The minimum absolute atomic E-state index is 0.212. The Bertz CT molecular complexity index is 1460. The van der Waals surface area contributed by atoms with Gasteiger partial charge in [-0.1, -0.05) is 66.2 Å². The zero-order valence-corrected chi connectivity index (χ0v) is 26.1. The molecule has 0 fully saturated rings. The minimum Gasteiger partial charge on any atom is -0.448 e. The van der Waals surface area contributed by atoms with E-state index in [1.807, 2.05) is 31.2 Å². The van der Waals surface area contributed by atoms with Crippen LogP contribution in [0.25, 0.3) is 0 Å². The number of hydrogen-bond acceptors (Lipinski definition) is 6. The molecule has 0 aromatic heterocycles. The van der Waals surface area contributed by atoms with E-state index in [-0.39, 0.29) is 5.92 Å². The zero-order valence-electron chi connectivity index (χ0n) is 25.3. The molecule has 0 saturated heterocycles. The largest absolute Gasteiger partial charge is 0.448 e. The van der Waals surface area contributed by atoms with Gasteiger partial charge in [-0.3, -0.25) is 4.79 Å². The maximum absolute atomic E-state index is 13.6. The number of alkyl carbamates (subject to hydrolysis) is 1. The van der Waals surface area contributed by atoms with Gasteiger partial charge in [0.25, 0.3) is 5.91 Å². The normalized spacial score (nSPS) is 13.5. The van der Waals surface area contributed by atoms with E-state index in [2.05, 4.69) is 16.7 Å². The third-order valence-electron chi connectivity index (χ3n) is 6.71. The third kappa shape index (κ3) is 9.86. The molecule has 2 amide bonds. The Labute approximate surface area is 258 Å². The van der Waals surface area contributed by atoms with Gasteiger partial charge in [0, 0.05) is 17.0 Å². The first kappa shape index (κ1) is 33.2. The molecule has 0 bridgehead atoms. The summed E-state index contributed by atoms with van der Waals surface area (Å²) in [7, 11) is 0. The Hall–Kier alpha value is -4.35. The summed E-state index contributed by atoms with van der Waals surface area (Å²) in [4.78, 5) is 39.6. The lowest BCUT2D eigenvalue weighted by Gasteiger charge is -2.31. The highest BCUT2D eigenvalue weighted by Gasteiger charge is 2.38. The zero-order chi connectivity index (χ0) is 31.8. The van der Waals surface area contributed by atoms with Crippen molar-refractivity contribution in [3.8, 4) is 6.07 Å². The fourth-order valence-corrected chi connectivity index (χ4v) is 4.61. The second kappa shape index (κ2) is 14.2. The van der Waals surface area contributed by atoms with Crippen molar-refractivity contribution in [2.24, 2.45) is 0 Å². The van der Waals surface area contributed by atoms with Gasteiger partial charge >= 0.3 is 12.1 Å². The van der Waals surface area contributed by atoms with E-state index < -0.39 is 41.3 Å². The van der Waals surface area contributed by atoms with Crippen LogP contribution in [0.1, 0.15) is 75.8 Å². The van der Waals surface area contributed by atoms with E-state index in [9.17, 15) is 19.6 Å². The summed E-state index contributed by atoms with van der Waals surface area (Å²) in [6.45, 7) is 10.0. The predicted molar refractivity (Wildman–Crippen MR) is 165 cm³/mol. The summed E-state index contributed by atoms with van der Waals surface area (Å²) in [5, 5.41) is 15.7. The van der Waals surface area contributed by atoms with E-state index in [0.29, 0.717) is 22.6 Å². The highest BCUT2D eigenvalue weighted by atomic mass is 35.5. The molecule has 226 valence electrons. The lowest BCUT2D eigenvalue weighted by molar-refractivity contribution is -0.167. The van der Waals surface area contributed by atoms with Crippen molar-refractivity contribution in [1.82, 2.24) is 10.6 Å². The Morgan fingerprint density at radius 3 is 2.09 bits per heavy atom. The lowest BCUT2D eigenvalue weighted by Crippen LogP contribution is -2.51. The van der Waals surface area contributed by atoms with Gasteiger partial charge in [-0.05, 0) is 88.9 Å². The Balaban J connectivity index is 1.81. The van der Waals surface area contributed by atoms with Crippen LogP contribution in [0.2, 0.25) is 5.02 Å². The molecule has 3 rings (SSSR count). The molecular formula is C34H38ClN3O5. The van der Waals surface area contributed by atoms with Gasteiger partial charge in [0.05, 0.1) is 11.6 Å². The maximum atomic E-state index is 13.6. The number of esters is 1. The Kier molecular flexibility index (Phi) is 11.0. The van der Waals surface area contributed by atoms with Gasteiger partial charge in [0.15, 0.2) is 11.6 Å². The molecule has 43 heavy (non-hydrogen) atoms. The van der Waals surface area contributed by atoms with Crippen LogP contribution in [-0.4, -0.2) is 35.2 Å². The molecule has 9 heteroatoms. The molecule has 0 saturated carbocycles. The van der Waals surface area contributed by atoms with Crippen molar-refractivity contribution in [3.63, 3.8) is 0 Å². The molecule has 0 heterocycles. The van der Waals surface area contributed by atoms with Gasteiger partial charge in [-0.2, -0.15) is 5.26 Å². The Morgan fingerprint density at radius 1 is 0.860 bits per heavy atom. The number of carbonyl (C=O) groups excluding carboxylic acids is 3. The van der Waals surface area contributed by atoms with Crippen LogP contribution >= 0.6 is 11.6 Å². The van der Waals surface area contributed by atoms with Crippen LogP contribution in [0.5, 0.6) is 0 Å². The molecule has 0 aliphatic heterocycles. The van der Waals surface area contributed by atoms with E-state index in [0.717, 1.165) is 11.1 Å². The average Bonchev–Trinajstić information content (AvgIpc) is 2.94. The summed E-state index contributed by atoms with van der Waals surface area (Å²) in [5.41, 5.74) is 0.497. The summed E-state index contributed by atoms with van der Waals surface area (Å²) < 4.78 is 11.1. The predicted octanol–water partition coefficient (Wildman–Crippen LogP) is 6.63. The highest BCUT2D eigenvalue weighted by Crippen LogP contribution is 2.27. The molecule has 3 atom stereocenters. The number of nitriles is 1. The van der Waals surface area contributed by atoms with Crippen molar-refractivity contribution in [1.29, 1.82) is 5.26 Å². The van der Waals surface area contributed by atoms with E-state index in [1.54, 1.807) is 75.4 Å². The molecule has 0 spiro atoms. The third-order valence-corrected chi connectivity index (χ3v) is 6.96.